The molecule has 2 aromatic rings. The van der Waals surface area contributed by atoms with Crippen LogP contribution in [0.3, 0.4) is 0 Å². The fraction of sp³-hybridized carbons (Fsp3) is 0.652. The number of anilines is 3. The maximum atomic E-state index is 15.1. The fourth-order valence-electron chi connectivity index (χ4n) is 4.55. The molecule has 2 fully saturated rings. The van der Waals surface area contributed by atoms with Crippen LogP contribution in [0.4, 0.5) is 22.0 Å². The summed E-state index contributed by atoms with van der Waals surface area (Å²) < 4.78 is 20.1. The van der Waals surface area contributed by atoms with E-state index < -0.39 is 11.8 Å². The van der Waals surface area contributed by atoms with Crippen molar-refractivity contribution in [3.63, 3.8) is 0 Å². The number of nitrogens with one attached hydrogen (secondary N) is 2. The van der Waals surface area contributed by atoms with Gasteiger partial charge in [-0.15, -0.1) is 0 Å². The second-order valence-electron chi connectivity index (χ2n) is 8.30. The van der Waals surface area contributed by atoms with Crippen LogP contribution in [-0.2, 0) is 4.74 Å². The molecule has 4 rings (SSSR count). The van der Waals surface area contributed by atoms with Gasteiger partial charge in [-0.1, -0.05) is 20.8 Å². The summed E-state index contributed by atoms with van der Waals surface area (Å²) in [5.41, 5.74) is 0.444. The summed E-state index contributed by atoms with van der Waals surface area (Å²) in [5, 5.41) is 9.74. The van der Waals surface area contributed by atoms with Crippen LogP contribution in [0, 0.1) is 12.7 Å². The first-order valence-corrected chi connectivity index (χ1v) is 11.9. The van der Waals surface area contributed by atoms with Crippen LogP contribution in [0.5, 0.6) is 0 Å². The van der Waals surface area contributed by atoms with Crippen molar-refractivity contribution in [3.8, 4) is 0 Å². The molecule has 2 N–H and O–H groups in total. The van der Waals surface area contributed by atoms with E-state index in [2.05, 4.69) is 37.3 Å². The third kappa shape index (κ3) is 5.26. The van der Waals surface area contributed by atoms with Crippen LogP contribution in [-0.4, -0.2) is 69.4 Å². The number of nitrogens with zero attached hydrogens (tertiary/aromatic N) is 5. The molecular formula is C23H36FN7O2. The van der Waals surface area contributed by atoms with Gasteiger partial charge in [0.15, 0.2) is 23.1 Å². The molecule has 182 valence electrons. The van der Waals surface area contributed by atoms with Crippen LogP contribution >= 0.6 is 0 Å². The van der Waals surface area contributed by atoms with Gasteiger partial charge in [-0.05, 0) is 39.5 Å². The molecule has 2 aliphatic heterocycles. The van der Waals surface area contributed by atoms with Crippen LogP contribution in [0.1, 0.15) is 69.6 Å². The molecule has 33 heavy (non-hydrogen) atoms. The number of esters is 1. The predicted molar refractivity (Wildman–Crippen MR) is 127 cm³/mol. The summed E-state index contributed by atoms with van der Waals surface area (Å²) in [6.45, 7) is 11.0. The van der Waals surface area contributed by atoms with Gasteiger partial charge in [-0.3, -0.25) is 10.00 Å². The molecule has 3 atom stereocenters. The molecule has 4 heterocycles. The zero-order valence-electron chi connectivity index (χ0n) is 20.5. The first-order valence-electron chi connectivity index (χ1n) is 11.9. The number of aryl methyl sites for hydroxylation is 1. The number of aromatic amines is 1. The highest BCUT2D eigenvalue weighted by molar-refractivity contribution is 5.89. The number of halogens is 1. The Hall–Kier alpha value is -2.75. The molecule has 10 heteroatoms. The van der Waals surface area contributed by atoms with Gasteiger partial charge in [0.2, 0.25) is 5.95 Å². The van der Waals surface area contributed by atoms with E-state index in [1.54, 1.807) is 13.0 Å². The molecule has 0 aromatic carbocycles. The summed E-state index contributed by atoms with van der Waals surface area (Å²) in [7, 11) is 1.91. The number of ether oxygens (including phenoxy) is 1. The molecule has 2 aliphatic rings. The van der Waals surface area contributed by atoms with Gasteiger partial charge in [0.1, 0.15) is 0 Å². The molecule has 2 saturated heterocycles. The highest BCUT2D eigenvalue weighted by Crippen LogP contribution is 2.36. The fourth-order valence-corrected chi connectivity index (χ4v) is 4.55. The molecule has 0 radical (unpaired) electrons. The van der Waals surface area contributed by atoms with Gasteiger partial charge in [-0.25, -0.2) is 14.2 Å². The highest BCUT2D eigenvalue weighted by atomic mass is 19.1. The lowest BCUT2D eigenvalue weighted by Gasteiger charge is -2.53. The summed E-state index contributed by atoms with van der Waals surface area (Å²) in [6.07, 6.45) is 4.28. The zero-order valence-corrected chi connectivity index (χ0v) is 20.5. The van der Waals surface area contributed by atoms with Crippen LogP contribution < -0.4 is 10.2 Å². The number of H-pyrrole nitrogens is 1. The maximum absolute atomic E-state index is 15.1. The van der Waals surface area contributed by atoms with Gasteiger partial charge < -0.3 is 15.0 Å². The number of hydrogen-bond donors (Lipinski definition) is 2. The molecule has 0 aliphatic carbocycles. The third-order valence-electron chi connectivity index (χ3n) is 6.34. The Kier molecular flexibility index (Phi) is 8.23. The molecule has 9 nitrogen and oxygen atoms in total. The molecule has 2 aromatic heterocycles. The van der Waals surface area contributed by atoms with E-state index in [-0.39, 0.29) is 24.2 Å². The Balaban J connectivity index is 0.00000149. The lowest BCUT2D eigenvalue weighted by atomic mass is 9.82. The van der Waals surface area contributed by atoms with Crippen molar-refractivity contribution in [2.45, 2.75) is 78.4 Å². The Bertz CT molecular complexity index is 951. The highest BCUT2D eigenvalue weighted by Gasteiger charge is 2.41. The number of carbonyl (C=O) groups is 1. The summed E-state index contributed by atoms with van der Waals surface area (Å²) >= 11 is 0. The lowest BCUT2D eigenvalue weighted by molar-refractivity contribution is -0.00728. The Morgan fingerprint density at radius 3 is 2.67 bits per heavy atom. The number of rotatable bonds is 7. The first-order chi connectivity index (χ1) is 15.9. The zero-order chi connectivity index (χ0) is 24.1. The summed E-state index contributed by atoms with van der Waals surface area (Å²) in [6, 6.07) is 3.04. The Morgan fingerprint density at radius 2 is 2.09 bits per heavy atom. The summed E-state index contributed by atoms with van der Waals surface area (Å²) in [5.74, 6) is -1.05. The van der Waals surface area contributed by atoms with E-state index in [1.165, 1.54) is 6.42 Å². The van der Waals surface area contributed by atoms with E-state index in [0.29, 0.717) is 23.8 Å². The SMILES string of the molecule is CC.CCOC(=O)c1nc(N(C)C2CC(CC)N3CCC3C2)nc(Nc2cc(C)[nH]n2)c1F. The smallest absolute Gasteiger partial charge is 0.360 e. The van der Waals surface area contributed by atoms with Gasteiger partial charge in [-0.2, -0.15) is 10.1 Å². The number of aromatic nitrogens is 4. The van der Waals surface area contributed by atoms with Crippen molar-refractivity contribution in [1.82, 2.24) is 25.1 Å². The van der Waals surface area contributed by atoms with E-state index in [0.717, 1.165) is 31.5 Å². The topological polar surface area (TPSA) is 99.3 Å². The van der Waals surface area contributed by atoms with Crippen molar-refractivity contribution in [3.05, 3.63) is 23.3 Å². The lowest BCUT2D eigenvalue weighted by Crippen LogP contribution is -2.61. The monoisotopic (exact) mass is 461 g/mol. The second-order valence-corrected chi connectivity index (χ2v) is 8.30. The minimum absolute atomic E-state index is 0.0977. The average Bonchev–Trinajstić information content (AvgIpc) is 3.21. The Labute approximate surface area is 195 Å². The molecule has 0 amide bonds. The quantitative estimate of drug-likeness (QED) is 0.596. The van der Waals surface area contributed by atoms with Crippen LogP contribution in [0.2, 0.25) is 0 Å². The van der Waals surface area contributed by atoms with E-state index in [4.69, 9.17) is 4.74 Å². The molecule has 0 spiro atoms. The minimum Gasteiger partial charge on any atom is -0.461 e. The first kappa shape index (κ1) is 24.9. The number of carbonyl (C=O) groups excluding carboxylic acids is 1. The third-order valence-corrected chi connectivity index (χ3v) is 6.34. The summed E-state index contributed by atoms with van der Waals surface area (Å²) in [4.78, 5) is 25.6. The van der Waals surface area contributed by atoms with Crippen molar-refractivity contribution < 1.29 is 13.9 Å². The molecular weight excluding hydrogens is 425 g/mol. The average molecular weight is 462 g/mol. The number of piperidine rings is 1. The Morgan fingerprint density at radius 1 is 1.33 bits per heavy atom. The van der Waals surface area contributed by atoms with Crippen molar-refractivity contribution in [2.75, 3.05) is 30.4 Å². The van der Waals surface area contributed by atoms with E-state index >= 15 is 4.39 Å². The normalized spacial score (nSPS) is 21.8. The van der Waals surface area contributed by atoms with Crippen molar-refractivity contribution in [2.24, 2.45) is 0 Å². The molecule has 3 unspecified atom stereocenters. The number of fused-ring (bicyclic) bond motifs is 1. The van der Waals surface area contributed by atoms with Crippen LogP contribution in [0.15, 0.2) is 6.07 Å². The molecule has 0 saturated carbocycles. The van der Waals surface area contributed by atoms with E-state index in [9.17, 15) is 4.79 Å². The van der Waals surface area contributed by atoms with E-state index in [1.807, 2.05) is 32.7 Å². The standard InChI is InChI=1S/C21H30FN7O2.C2H6/c1-5-13-10-15(11-14-7-8-29(13)14)28(4)21-24-18(20(30)31-6-2)17(22)19(25-21)23-16-9-12(3)26-27-16;1-2/h9,13-15H,5-8,10-11H2,1-4H3,(H2,23,24,25,26,27);1-2H3. The van der Waals surface area contributed by atoms with Gasteiger partial charge in [0.25, 0.3) is 0 Å². The van der Waals surface area contributed by atoms with Crippen molar-refractivity contribution >= 4 is 23.6 Å². The second kappa shape index (κ2) is 10.9. The van der Waals surface area contributed by atoms with Gasteiger partial charge in [0.05, 0.1) is 6.61 Å². The predicted octanol–water partition coefficient (Wildman–Crippen LogP) is 4.05. The number of hydrogen-bond acceptors (Lipinski definition) is 8. The minimum atomic E-state index is -0.850. The van der Waals surface area contributed by atoms with Crippen LogP contribution in [0.25, 0.3) is 0 Å². The van der Waals surface area contributed by atoms with Crippen molar-refractivity contribution in [1.29, 1.82) is 0 Å². The van der Waals surface area contributed by atoms with Gasteiger partial charge in [0, 0.05) is 43.5 Å². The van der Waals surface area contributed by atoms with Gasteiger partial charge >= 0.3 is 5.97 Å². The maximum Gasteiger partial charge on any atom is 0.360 e. The largest absolute Gasteiger partial charge is 0.461 e. The molecule has 0 bridgehead atoms.